The van der Waals surface area contributed by atoms with Crippen molar-refractivity contribution in [2.45, 2.75) is 90.9 Å². The van der Waals surface area contributed by atoms with Gasteiger partial charge >= 0.3 is 35.0 Å². The van der Waals surface area contributed by atoms with Crippen LogP contribution in [0.15, 0.2) is 0 Å². The van der Waals surface area contributed by atoms with E-state index in [1.807, 2.05) is 0 Å². The van der Waals surface area contributed by atoms with Gasteiger partial charge in [-0.15, -0.1) is 15.8 Å². The Labute approximate surface area is 153 Å². The number of unbranched alkanes of at least 4 members (excludes halogenated alkanes) is 1. The van der Waals surface area contributed by atoms with E-state index in [2.05, 4.69) is 55.4 Å². The molecule has 0 aromatic heterocycles. The zero-order chi connectivity index (χ0) is 17.0. The Balaban J connectivity index is 0. The van der Waals surface area contributed by atoms with Crippen molar-refractivity contribution < 1.29 is 15.9 Å². The molecule has 5 heteroatoms. The van der Waals surface area contributed by atoms with Crippen LogP contribution in [0.25, 0.3) is 0 Å². The molecule has 0 saturated heterocycles. The van der Waals surface area contributed by atoms with Crippen LogP contribution in [0, 0.1) is 0 Å². The van der Waals surface area contributed by atoms with Crippen molar-refractivity contribution in [2.75, 3.05) is 12.3 Å². The summed E-state index contributed by atoms with van der Waals surface area (Å²) < 4.78 is 0. The molecule has 0 heterocycles. The van der Waals surface area contributed by atoms with Crippen molar-refractivity contribution in [3.05, 3.63) is 0 Å². The average Bonchev–Trinajstić information content (AvgIpc) is 2.32. The summed E-state index contributed by atoms with van der Waals surface area (Å²) >= 11 is -0.106. The molecule has 0 nitrogen and oxygen atoms in total. The quantitative estimate of drug-likeness (QED) is 0.185. The van der Waals surface area contributed by atoms with Crippen LogP contribution in [0.1, 0.15) is 68.2 Å². The van der Waals surface area contributed by atoms with Crippen LogP contribution in [0.5, 0.6) is 0 Å². The molecule has 0 aliphatic rings. The van der Waals surface area contributed by atoms with E-state index in [9.17, 15) is 0 Å². The SMILES string of the molecule is CC(C)P(CCCCP(C(C)C)C(C)C)C(C)C.[Cl][Pd][Cl]. The molecule has 0 aliphatic carbocycles. The van der Waals surface area contributed by atoms with Crippen LogP contribution >= 0.6 is 34.9 Å². The first kappa shape index (κ1) is 25.3. The third-order valence-electron chi connectivity index (χ3n) is 3.74. The maximum atomic E-state index is 4.81. The van der Waals surface area contributed by atoms with Gasteiger partial charge in [0.05, 0.1) is 0 Å². The van der Waals surface area contributed by atoms with Crippen molar-refractivity contribution in [2.24, 2.45) is 0 Å². The minimum absolute atomic E-state index is 0.106. The van der Waals surface area contributed by atoms with Crippen LogP contribution in [0.4, 0.5) is 0 Å². The molecule has 0 aliphatic heterocycles. The second-order valence-corrected chi connectivity index (χ2v) is 16.0. The van der Waals surface area contributed by atoms with E-state index < -0.39 is 0 Å². The first-order valence-corrected chi connectivity index (χ1v) is 15.4. The molecule has 0 rings (SSSR count). The van der Waals surface area contributed by atoms with Gasteiger partial charge in [0.1, 0.15) is 0 Å². The van der Waals surface area contributed by atoms with Crippen molar-refractivity contribution in [3.8, 4) is 0 Å². The monoisotopic (exact) mass is 466 g/mol. The summed E-state index contributed by atoms with van der Waals surface area (Å²) in [5.74, 6) is 0. The molecular formula is C16H36Cl2P2Pd. The summed E-state index contributed by atoms with van der Waals surface area (Å²) in [6.07, 6.45) is 5.95. The second kappa shape index (κ2) is 15.6. The van der Waals surface area contributed by atoms with E-state index in [-0.39, 0.29) is 31.8 Å². The van der Waals surface area contributed by atoms with E-state index in [1.165, 1.54) is 25.2 Å². The van der Waals surface area contributed by atoms with Gasteiger partial charge in [-0.3, -0.25) is 0 Å². The molecule has 0 bridgehead atoms. The molecule has 134 valence electrons. The summed E-state index contributed by atoms with van der Waals surface area (Å²) in [5.41, 5.74) is 3.65. The molecule has 0 N–H and O–H groups in total. The molecule has 0 spiro atoms. The maximum absolute atomic E-state index is 4.81. The first-order chi connectivity index (χ1) is 9.68. The van der Waals surface area contributed by atoms with Gasteiger partial charge in [-0.05, 0) is 47.8 Å². The molecule has 0 atom stereocenters. The molecule has 0 unspecified atom stereocenters. The van der Waals surface area contributed by atoms with Gasteiger partial charge < -0.3 is 0 Å². The van der Waals surface area contributed by atoms with Gasteiger partial charge in [-0.2, -0.15) is 0 Å². The van der Waals surface area contributed by atoms with E-state index in [1.54, 1.807) is 0 Å². The predicted molar refractivity (Wildman–Crippen MR) is 105 cm³/mol. The van der Waals surface area contributed by atoms with E-state index in [0.717, 1.165) is 22.6 Å². The third kappa shape index (κ3) is 14.2. The molecule has 21 heavy (non-hydrogen) atoms. The Morgan fingerprint density at radius 3 is 0.952 bits per heavy atom. The number of hydrogen-bond donors (Lipinski definition) is 0. The Morgan fingerprint density at radius 2 is 0.810 bits per heavy atom. The Morgan fingerprint density at radius 1 is 0.619 bits per heavy atom. The minimum atomic E-state index is -0.106. The number of rotatable bonds is 9. The fourth-order valence-corrected chi connectivity index (χ4v) is 8.44. The van der Waals surface area contributed by atoms with E-state index >= 15 is 0 Å². The van der Waals surface area contributed by atoms with Crippen LogP contribution in [-0.2, 0) is 15.9 Å². The van der Waals surface area contributed by atoms with Crippen LogP contribution < -0.4 is 0 Å². The average molecular weight is 468 g/mol. The summed E-state index contributed by atoms with van der Waals surface area (Å²) in [6.45, 7) is 19.3. The third-order valence-corrected chi connectivity index (χ3v) is 10.7. The molecule has 0 fully saturated rings. The Hall–Kier alpha value is 2.10. The first-order valence-electron chi connectivity index (χ1n) is 8.02. The summed E-state index contributed by atoms with van der Waals surface area (Å²) in [7, 11) is 10.2. The Kier molecular flexibility index (Phi) is 18.9. The van der Waals surface area contributed by atoms with Crippen LogP contribution in [0.3, 0.4) is 0 Å². The number of hydrogen-bond acceptors (Lipinski definition) is 0. The van der Waals surface area contributed by atoms with Gasteiger partial charge in [0.2, 0.25) is 0 Å². The molecule has 0 saturated carbocycles. The molecule has 0 aromatic rings. The molecule has 0 radical (unpaired) electrons. The van der Waals surface area contributed by atoms with Crippen molar-refractivity contribution in [3.63, 3.8) is 0 Å². The van der Waals surface area contributed by atoms with Gasteiger partial charge in [-0.25, -0.2) is 0 Å². The predicted octanol–water partition coefficient (Wildman–Crippen LogP) is 7.74. The molecule has 0 aromatic carbocycles. The van der Waals surface area contributed by atoms with Gasteiger partial charge in [0, 0.05) is 0 Å². The van der Waals surface area contributed by atoms with Gasteiger partial charge in [0.15, 0.2) is 0 Å². The second-order valence-electron chi connectivity index (χ2n) is 6.60. The summed E-state index contributed by atoms with van der Waals surface area (Å²) in [6, 6.07) is 0. The Bertz CT molecular complexity index is 186. The standard InChI is InChI=1S/C16H36P2.2ClH.Pd/c1-13(2)17(14(3)4)11-9-10-12-18(15(5)6)16(7)8;;;/h13-16H,9-12H2,1-8H3;2*1H;/q;;;+2/p-2. The van der Waals surface area contributed by atoms with Crippen molar-refractivity contribution in [1.29, 1.82) is 0 Å². The normalized spacial score (nSPS) is 12.2. The topological polar surface area (TPSA) is 0 Å². The van der Waals surface area contributed by atoms with Crippen molar-refractivity contribution >= 4 is 34.9 Å². The molecular weight excluding hydrogens is 431 g/mol. The number of halogens is 2. The molecule has 0 amide bonds. The fourth-order valence-electron chi connectivity index (χ4n) is 2.81. The summed E-state index contributed by atoms with van der Waals surface area (Å²) in [4.78, 5) is 0. The van der Waals surface area contributed by atoms with Crippen LogP contribution in [-0.4, -0.2) is 35.0 Å². The van der Waals surface area contributed by atoms with Gasteiger partial charge in [-0.1, -0.05) is 55.4 Å². The van der Waals surface area contributed by atoms with E-state index in [0.29, 0.717) is 0 Å². The van der Waals surface area contributed by atoms with Crippen LogP contribution in [0.2, 0.25) is 0 Å². The fraction of sp³-hybridized carbons (Fsp3) is 1.00. The van der Waals surface area contributed by atoms with Crippen molar-refractivity contribution in [1.82, 2.24) is 0 Å². The zero-order valence-corrected chi connectivity index (χ0v) is 20.0. The zero-order valence-electron chi connectivity index (χ0n) is 15.1. The van der Waals surface area contributed by atoms with E-state index in [4.69, 9.17) is 19.1 Å². The van der Waals surface area contributed by atoms with Gasteiger partial charge in [0.25, 0.3) is 0 Å². The summed E-state index contributed by atoms with van der Waals surface area (Å²) in [5, 5.41) is 0.